The van der Waals surface area contributed by atoms with Gasteiger partial charge in [-0.15, -0.1) is 0 Å². The van der Waals surface area contributed by atoms with E-state index in [4.69, 9.17) is 40.5 Å². The maximum absolute atomic E-state index is 12.0. The normalized spacial score (nSPS) is 10.8. The number of nitro benzene ring substituents is 1. The SMILES string of the molecule is Nc1c(Cl)c(Cl)[nH+]c(C(=O)N/N=C\c2cccc([N+](=O)[O-])c2)c1Cl. The van der Waals surface area contributed by atoms with Crippen LogP contribution in [0.4, 0.5) is 11.4 Å². The first-order valence-electron chi connectivity index (χ1n) is 6.24. The lowest BCUT2D eigenvalue weighted by atomic mass is 10.2. The highest BCUT2D eigenvalue weighted by atomic mass is 35.5. The molecule has 0 radical (unpaired) electrons. The Morgan fingerprint density at radius 3 is 2.71 bits per heavy atom. The number of halogens is 3. The number of nitrogens with two attached hydrogens (primary N) is 1. The van der Waals surface area contributed by atoms with Gasteiger partial charge in [-0.3, -0.25) is 14.9 Å². The summed E-state index contributed by atoms with van der Waals surface area (Å²) >= 11 is 17.5. The van der Waals surface area contributed by atoms with Gasteiger partial charge in [-0.05, 0) is 11.6 Å². The van der Waals surface area contributed by atoms with Gasteiger partial charge in [-0.2, -0.15) is 10.1 Å². The Hall–Kier alpha value is -2.42. The molecule has 8 nitrogen and oxygen atoms in total. The number of benzene rings is 1. The summed E-state index contributed by atoms with van der Waals surface area (Å²) < 4.78 is 0. The number of aromatic amines is 1. The molecule has 0 fully saturated rings. The molecule has 1 aromatic heterocycles. The number of carbonyl (C=O) groups is 1. The molecular formula is C13H9Cl3N5O3+. The van der Waals surface area contributed by atoms with Crippen LogP contribution in [-0.4, -0.2) is 17.0 Å². The number of hydrogen-bond acceptors (Lipinski definition) is 5. The number of carbonyl (C=O) groups excluding carboxylic acids is 1. The van der Waals surface area contributed by atoms with Crippen molar-refractivity contribution in [1.82, 2.24) is 5.43 Å². The monoisotopic (exact) mass is 388 g/mol. The van der Waals surface area contributed by atoms with E-state index < -0.39 is 10.8 Å². The highest BCUT2D eigenvalue weighted by Gasteiger charge is 2.25. The van der Waals surface area contributed by atoms with Gasteiger partial charge in [0.05, 0.1) is 16.8 Å². The first-order chi connectivity index (χ1) is 11.3. The molecule has 0 saturated heterocycles. The van der Waals surface area contributed by atoms with Gasteiger partial charge in [-0.25, -0.2) is 5.43 Å². The number of nitrogens with zero attached hydrogens (tertiary/aromatic N) is 2. The molecule has 1 amide bonds. The zero-order valence-corrected chi connectivity index (χ0v) is 14.0. The van der Waals surface area contributed by atoms with Gasteiger partial charge in [0.2, 0.25) is 0 Å². The first-order valence-corrected chi connectivity index (χ1v) is 7.37. The summed E-state index contributed by atoms with van der Waals surface area (Å²) in [6, 6.07) is 5.71. The number of nitro groups is 1. The second-order valence-corrected chi connectivity index (χ2v) is 5.54. The number of nitrogens with one attached hydrogen (secondary N) is 2. The van der Waals surface area contributed by atoms with Crippen molar-refractivity contribution in [2.75, 3.05) is 5.73 Å². The summed E-state index contributed by atoms with van der Waals surface area (Å²) in [6.07, 6.45) is 1.24. The summed E-state index contributed by atoms with van der Waals surface area (Å²) in [6.45, 7) is 0. The van der Waals surface area contributed by atoms with E-state index in [1.54, 1.807) is 6.07 Å². The highest BCUT2D eigenvalue weighted by molar-refractivity contribution is 6.45. The van der Waals surface area contributed by atoms with E-state index in [2.05, 4.69) is 15.5 Å². The molecule has 1 heterocycles. The second-order valence-electron chi connectivity index (χ2n) is 4.41. The lowest BCUT2D eigenvalue weighted by Gasteiger charge is -2.02. The number of pyridine rings is 1. The smallest absolute Gasteiger partial charge is 0.337 e. The summed E-state index contributed by atoms with van der Waals surface area (Å²) in [5.74, 6) is -0.716. The van der Waals surface area contributed by atoms with Crippen LogP contribution in [0.2, 0.25) is 15.2 Å². The Morgan fingerprint density at radius 2 is 2.04 bits per heavy atom. The number of amides is 1. The highest BCUT2D eigenvalue weighted by Crippen LogP contribution is 2.31. The molecule has 2 aromatic rings. The fraction of sp³-hybridized carbons (Fsp3) is 0. The molecular weight excluding hydrogens is 381 g/mol. The van der Waals surface area contributed by atoms with Crippen molar-refractivity contribution in [1.29, 1.82) is 0 Å². The standard InChI is InChI=1S/C13H8Cl3N5O3/c14-8-10(17)9(15)12(16)19-11(8)13(22)20-18-5-6-2-1-3-7(4-6)21(23)24/h1-5H,(H2,17,19)(H,20,22)/p+1/b18-5-. The fourth-order valence-corrected chi connectivity index (χ4v) is 2.28. The van der Waals surface area contributed by atoms with Crippen LogP contribution >= 0.6 is 34.8 Å². The van der Waals surface area contributed by atoms with Crippen molar-refractivity contribution >= 4 is 58.3 Å². The zero-order valence-electron chi connectivity index (χ0n) is 11.7. The van der Waals surface area contributed by atoms with Gasteiger partial charge in [0.25, 0.3) is 16.5 Å². The number of non-ortho nitro benzene ring substituents is 1. The van der Waals surface area contributed by atoms with E-state index in [1.165, 1.54) is 24.4 Å². The molecule has 1 aromatic carbocycles. The number of anilines is 1. The minimum atomic E-state index is -0.716. The van der Waals surface area contributed by atoms with E-state index >= 15 is 0 Å². The van der Waals surface area contributed by atoms with Crippen LogP contribution in [0.5, 0.6) is 0 Å². The quantitative estimate of drug-likeness (QED) is 0.361. The molecule has 0 aliphatic carbocycles. The van der Waals surface area contributed by atoms with Crippen LogP contribution in [0, 0.1) is 10.1 Å². The average Bonchev–Trinajstić information content (AvgIpc) is 2.56. The Balaban J connectivity index is 2.17. The summed E-state index contributed by atoms with van der Waals surface area (Å²) in [5, 5.41) is 14.2. The molecule has 2 rings (SSSR count). The molecule has 0 unspecified atom stereocenters. The second kappa shape index (κ2) is 7.43. The number of rotatable bonds is 4. The van der Waals surface area contributed by atoms with Gasteiger partial charge in [0, 0.05) is 17.7 Å². The van der Waals surface area contributed by atoms with Gasteiger partial charge >= 0.3 is 5.91 Å². The predicted molar refractivity (Wildman–Crippen MR) is 90.6 cm³/mol. The van der Waals surface area contributed by atoms with Crippen molar-refractivity contribution in [3.05, 3.63) is 60.8 Å². The molecule has 4 N–H and O–H groups in total. The third-order valence-corrected chi connectivity index (χ3v) is 3.97. The molecule has 24 heavy (non-hydrogen) atoms. The van der Waals surface area contributed by atoms with E-state index in [1.807, 2.05) is 0 Å². The molecule has 0 spiro atoms. The van der Waals surface area contributed by atoms with Crippen LogP contribution in [-0.2, 0) is 0 Å². The number of hydrazone groups is 1. The largest absolute Gasteiger partial charge is 0.396 e. The van der Waals surface area contributed by atoms with Crippen molar-refractivity contribution in [2.24, 2.45) is 5.10 Å². The Kier molecular flexibility index (Phi) is 5.55. The van der Waals surface area contributed by atoms with Crippen molar-refractivity contribution in [3.8, 4) is 0 Å². The van der Waals surface area contributed by atoms with Gasteiger partial charge in [-0.1, -0.05) is 35.3 Å². The average molecular weight is 390 g/mol. The van der Waals surface area contributed by atoms with E-state index in [0.717, 1.165) is 0 Å². The topological polar surface area (TPSA) is 125 Å². The summed E-state index contributed by atoms with van der Waals surface area (Å²) in [5.41, 5.74) is 7.99. The fourth-order valence-electron chi connectivity index (χ4n) is 1.67. The molecule has 124 valence electrons. The van der Waals surface area contributed by atoms with Crippen LogP contribution < -0.4 is 16.1 Å². The first kappa shape index (κ1) is 17.9. The maximum atomic E-state index is 12.0. The molecule has 0 aliphatic rings. The van der Waals surface area contributed by atoms with Crippen molar-refractivity contribution < 1.29 is 14.7 Å². The Morgan fingerprint density at radius 1 is 1.33 bits per heavy atom. The molecule has 0 saturated carbocycles. The van der Waals surface area contributed by atoms with Crippen LogP contribution in [0.15, 0.2) is 29.4 Å². The number of H-pyrrole nitrogens is 1. The molecule has 0 bridgehead atoms. The van der Waals surface area contributed by atoms with Gasteiger partial charge in [0.15, 0.2) is 0 Å². The van der Waals surface area contributed by atoms with E-state index in [-0.39, 0.29) is 32.3 Å². The number of hydrogen-bond donors (Lipinski definition) is 2. The predicted octanol–water partition coefficient (Wildman–Crippen LogP) is 2.72. The van der Waals surface area contributed by atoms with E-state index in [9.17, 15) is 14.9 Å². The summed E-state index contributed by atoms with van der Waals surface area (Å²) in [7, 11) is 0. The molecule has 11 heteroatoms. The minimum absolute atomic E-state index is 0.00156. The van der Waals surface area contributed by atoms with Crippen LogP contribution in [0.25, 0.3) is 0 Å². The minimum Gasteiger partial charge on any atom is -0.396 e. The zero-order chi connectivity index (χ0) is 17.9. The third-order valence-electron chi connectivity index (χ3n) is 2.81. The van der Waals surface area contributed by atoms with Crippen molar-refractivity contribution in [2.45, 2.75) is 0 Å². The third kappa shape index (κ3) is 3.91. The number of nitrogen functional groups attached to an aromatic ring is 1. The molecule has 0 aliphatic heterocycles. The van der Waals surface area contributed by atoms with Crippen LogP contribution in [0.3, 0.4) is 0 Å². The van der Waals surface area contributed by atoms with Gasteiger partial charge in [0.1, 0.15) is 10.0 Å². The van der Waals surface area contributed by atoms with E-state index in [0.29, 0.717) is 5.56 Å². The van der Waals surface area contributed by atoms with Gasteiger partial charge < -0.3 is 5.73 Å². The molecule has 0 atom stereocenters. The lowest BCUT2D eigenvalue weighted by Crippen LogP contribution is -2.28. The summed E-state index contributed by atoms with van der Waals surface area (Å²) in [4.78, 5) is 24.7. The van der Waals surface area contributed by atoms with Crippen molar-refractivity contribution in [3.63, 3.8) is 0 Å². The maximum Gasteiger partial charge on any atom is 0.337 e. The Labute approximate surface area is 150 Å². The Bertz CT molecular complexity index is 857. The number of aromatic nitrogens is 1. The van der Waals surface area contributed by atoms with Crippen LogP contribution in [0.1, 0.15) is 16.1 Å². The lowest BCUT2D eigenvalue weighted by molar-refractivity contribution is -0.384.